The van der Waals surface area contributed by atoms with Gasteiger partial charge in [-0.1, -0.05) is 18.2 Å². The van der Waals surface area contributed by atoms with Crippen molar-refractivity contribution in [2.24, 2.45) is 0 Å². The normalized spacial score (nSPS) is 10.8. The molecule has 0 aliphatic heterocycles. The molecule has 1 heterocycles. The fourth-order valence-corrected chi connectivity index (χ4v) is 1.86. The van der Waals surface area contributed by atoms with Crippen molar-refractivity contribution in [2.45, 2.75) is 26.4 Å². The second-order valence-electron chi connectivity index (χ2n) is 6.12. The average molecular weight is 328 g/mol. The lowest BCUT2D eigenvalue weighted by molar-refractivity contribution is 0.0635. The molecule has 0 saturated heterocycles. The van der Waals surface area contributed by atoms with Crippen molar-refractivity contribution < 1.29 is 14.3 Å². The summed E-state index contributed by atoms with van der Waals surface area (Å²) < 4.78 is 5.15. The Hall–Kier alpha value is -3.09. The number of nitrogens with zero attached hydrogens (tertiary/aromatic N) is 1. The SMILES string of the molecule is CC(C)(C)OC(=O)Nc1cc(N)cc(C(=O)Nc2ccccc2)n1. The van der Waals surface area contributed by atoms with Crippen LogP contribution in [0.2, 0.25) is 0 Å². The van der Waals surface area contributed by atoms with Crippen LogP contribution in [0.5, 0.6) is 0 Å². The van der Waals surface area contributed by atoms with Crippen molar-refractivity contribution in [1.29, 1.82) is 0 Å². The highest BCUT2D eigenvalue weighted by Crippen LogP contribution is 2.16. The maximum absolute atomic E-state index is 12.3. The zero-order valence-electron chi connectivity index (χ0n) is 13.8. The summed E-state index contributed by atoms with van der Waals surface area (Å²) in [6, 6.07) is 11.8. The number of hydrogen-bond donors (Lipinski definition) is 3. The first-order chi connectivity index (χ1) is 11.2. The van der Waals surface area contributed by atoms with Crippen molar-refractivity contribution in [3.05, 3.63) is 48.2 Å². The smallest absolute Gasteiger partial charge is 0.413 e. The predicted octanol–water partition coefficient (Wildman–Crippen LogP) is 3.26. The highest BCUT2D eigenvalue weighted by atomic mass is 16.6. The van der Waals surface area contributed by atoms with Gasteiger partial charge in [-0.05, 0) is 39.0 Å². The second-order valence-corrected chi connectivity index (χ2v) is 6.12. The average Bonchev–Trinajstić information content (AvgIpc) is 2.45. The number of para-hydroxylation sites is 1. The number of nitrogen functional groups attached to an aromatic ring is 1. The van der Waals surface area contributed by atoms with Crippen LogP contribution in [0, 0.1) is 0 Å². The minimum atomic E-state index is -0.671. The van der Waals surface area contributed by atoms with Crippen LogP contribution in [0.1, 0.15) is 31.3 Å². The van der Waals surface area contributed by atoms with Crippen LogP contribution < -0.4 is 16.4 Å². The zero-order chi connectivity index (χ0) is 17.7. The molecule has 0 atom stereocenters. The first kappa shape index (κ1) is 17.3. The predicted molar refractivity (Wildman–Crippen MR) is 92.9 cm³/mol. The molecule has 2 aromatic rings. The molecule has 0 unspecified atom stereocenters. The van der Waals surface area contributed by atoms with Gasteiger partial charge in [0.05, 0.1) is 0 Å². The maximum Gasteiger partial charge on any atom is 0.413 e. The van der Waals surface area contributed by atoms with E-state index in [0.717, 1.165) is 0 Å². The third-order valence-corrected chi connectivity index (χ3v) is 2.74. The number of amides is 2. The molecule has 0 bridgehead atoms. The van der Waals surface area contributed by atoms with E-state index in [2.05, 4.69) is 15.6 Å². The molecule has 4 N–H and O–H groups in total. The standard InChI is InChI=1S/C17H20N4O3/c1-17(2,3)24-16(23)21-14-10-11(18)9-13(20-14)15(22)19-12-7-5-4-6-8-12/h4-10H,1-3H3,(H,19,22)(H3,18,20,21,23). The van der Waals surface area contributed by atoms with Crippen LogP contribution >= 0.6 is 0 Å². The van der Waals surface area contributed by atoms with Crippen LogP contribution in [0.15, 0.2) is 42.5 Å². The molecule has 7 nitrogen and oxygen atoms in total. The van der Waals surface area contributed by atoms with E-state index in [1.165, 1.54) is 12.1 Å². The van der Waals surface area contributed by atoms with Crippen LogP contribution in [-0.2, 0) is 4.74 Å². The van der Waals surface area contributed by atoms with Gasteiger partial charge in [-0.15, -0.1) is 0 Å². The summed E-state index contributed by atoms with van der Waals surface area (Å²) in [7, 11) is 0. The molecule has 1 aromatic heterocycles. The minimum absolute atomic E-state index is 0.0879. The molecular weight excluding hydrogens is 308 g/mol. The fourth-order valence-electron chi connectivity index (χ4n) is 1.86. The van der Waals surface area contributed by atoms with E-state index >= 15 is 0 Å². The number of hydrogen-bond acceptors (Lipinski definition) is 5. The van der Waals surface area contributed by atoms with Crippen molar-refractivity contribution in [3.8, 4) is 0 Å². The molecule has 0 saturated carbocycles. The Morgan fingerprint density at radius 3 is 2.38 bits per heavy atom. The van der Waals surface area contributed by atoms with Gasteiger partial charge in [0.2, 0.25) is 0 Å². The van der Waals surface area contributed by atoms with Crippen LogP contribution in [0.4, 0.5) is 22.0 Å². The number of benzene rings is 1. The van der Waals surface area contributed by atoms with E-state index in [0.29, 0.717) is 11.4 Å². The topological polar surface area (TPSA) is 106 Å². The van der Waals surface area contributed by atoms with Gasteiger partial charge in [0.1, 0.15) is 17.1 Å². The van der Waals surface area contributed by atoms with Gasteiger partial charge in [-0.25, -0.2) is 9.78 Å². The van der Waals surface area contributed by atoms with Crippen LogP contribution in [-0.4, -0.2) is 22.6 Å². The lowest BCUT2D eigenvalue weighted by atomic mass is 10.2. The number of nitrogens with one attached hydrogen (secondary N) is 2. The highest BCUT2D eigenvalue weighted by molar-refractivity contribution is 6.03. The van der Waals surface area contributed by atoms with E-state index in [-0.39, 0.29) is 11.5 Å². The Balaban J connectivity index is 2.13. The Morgan fingerprint density at radius 2 is 1.75 bits per heavy atom. The molecule has 0 aliphatic carbocycles. The Morgan fingerprint density at radius 1 is 1.08 bits per heavy atom. The van der Waals surface area contributed by atoms with Gasteiger partial charge in [0.25, 0.3) is 5.91 Å². The van der Waals surface area contributed by atoms with Crippen LogP contribution in [0.3, 0.4) is 0 Å². The van der Waals surface area contributed by atoms with E-state index in [1.807, 2.05) is 6.07 Å². The lowest BCUT2D eigenvalue weighted by Crippen LogP contribution is -2.27. The summed E-state index contributed by atoms with van der Waals surface area (Å²) in [5.41, 5.74) is 6.16. The quantitative estimate of drug-likeness (QED) is 0.801. The van der Waals surface area contributed by atoms with Crippen molar-refractivity contribution in [1.82, 2.24) is 4.98 Å². The second kappa shape index (κ2) is 6.99. The molecule has 1 aromatic carbocycles. The first-order valence-corrected chi connectivity index (χ1v) is 7.37. The summed E-state index contributed by atoms with van der Waals surface area (Å²) in [5, 5.41) is 5.17. The molecule has 126 valence electrons. The van der Waals surface area contributed by atoms with E-state index < -0.39 is 17.6 Å². The lowest BCUT2D eigenvalue weighted by Gasteiger charge is -2.19. The third-order valence-electron chi connectivity index (χ3n) is 2.74. The summed E-state index contributed by atoms with van der Waals surface area (Å²) in [4.78, 5) is 28.2. The fraction of sp³-hybridized carbons (Fsp3) is 0.235. The van der Waals surface area contributed by atoms with Crippen molar-refractivity contribution in [3.63, 3.8) is 0 Å². The van der Waals surface area contributed by atoms with Crippen LogP contribution in [0.25, 0.3) is 0 Å². The number of aromatic nitrogens is 1. The Kier molecular flexibility index (Phi) is 5.03. The van der Waals surface area contributed by atoms with Gasteiger partial charge < -0.3 is 15.8 Å². The number of ether oxygens (including phenoxy) is 1. The Bertz CT molecular complexity index is 739. The molecule has 0 fully saturated rings. The highest BCUT2D eigenvalue weighted by Gasteiger charge is 2.17. The number of pyridine rings is 1. The van der Waals surface area contributed by atoms with Gasteiger partial charge in [0.15, 0.2) is 0 Å². The number of carbonyl (C=O) groups is 2. The van der Waals surface area contributed by atoms with Crippen molar-refractivity contribution in [2.75, 3.05) is 16.4 Å². The largest absolute Gasteiger partial charge is 0.444 e. The third kappa shape index (κ3) is 5.28. The summed E-state index contributed by atoms with van der Waals surface area (Å²) in [5.74, 6) is -0.289. The van der Waals surface area contributed by atoms with E-state index in [4.69, 9.17) is 10.5 Å². The van der Waals surface area contributed by atoms with Gasteiger partial charge in [-0.3, -0.25) is 10.1 Å². The van der Waals surface area contributed by atoms with Gasteiger partial charge in [-0.2, -0.15) is 0 Å². The van der Waals surface area contributed by atoms with Gasteiger partial charge in [0, 0.05) is 17.4 Å². The minimum Gasteiger partial charge on any atom is -0.444 e. The summed E-state index contributed by atoms with van der Waals surface area (Å²) in [6.07, 6.45) is -0.671. The zero-order valence-corrected chi connectivity index (χ0v) is 13.8. The van der Waals surface area contributed by atoms with Gasteiger partial charge >= 0.3 is 6.09 Å². The molecule has 2 amide bonds. The number of anilines is 3. The molecule has 0 aliphatic rings. The number of nitrogens with two attached hydrogens (primary N) is 1. The summed E-state index contributed by atoms with van der Waals surface area (Å²) >= 11 is 0. The Labute approximate surface area is 140 Å². The maximum atomic E-state index is 12.3. The number of rotatable bonds is 3. The number of carbonyl (C=O) groups excluding carboxylic acids is 2. The van der Waals surface area contributed by atoms with E-state index in [1.54, 1.807) is 45.0 Å². The first-order valence-electron chi connectivity index (χ1n) is 7.37. The van der Waals surface area contributed by atoms with Crippen molar-refractivity contribution >= 4 is 29.2 Å². The van der Waals surface area contributed by atoms with E-state index in [9.17, 15) is 9.59 Å². The molecular formula is C17H20N4O3. The molecule has 0 radical (unpaired) electrons. The molecule has 2 rings (SSSR count). The monoisotopic (exact) mass is 328 g/mol. The summed E-state index contributed by atoms with van der Waals surface area (Å²) in [6.45, 7) is 5.24. The molecule has 7 heteroatoms. The molecule has 0 spiro atoms. The molecule has 24 heavy (non-hydrogen) atoms.